The molecule has 0 radical (unpaired) electrons. The van der Waals surface area contributed by atoms with Gasteiger partial charge < -0.3 is 10.2 Å². The Balaban J connectivity index is 1.49. The van der Waals surface area contributed by atoms with Gasteiger partial charge in [-0.05, 0) is 56.9 Å². The molecule has 1 aromatic carbocycles. The maximum Gasteiger partial charge on any atom is 0.322 e. The first-order chi connectivity index (χ1) is 12.9. The molecule has 2 amide bonds. The topological polar surface area (TPSA) is 79.4 Å². The van der Waals surface area contributed by atoms with Crippen LogP contribution in [0.5, 0.6) is 0 Å². The molecule has 2 saturated heterocycles. The van der Waals surface area contributed by atoms with E-state index in [1.54, 1.807) is 18.2 Å². The minimum absolute atomic E-state index is 0.0438. The van der Waals surface area contributed by atoms with Gasteiger partial charge in [0.05, 0.1) is 5.25 Å². The first kappa shape index (κ1) is 18.0. The number of rotatable bonds is 3. The van der Waals surface area contributed by atoms with Gasteiger partial charge >= 0.3 is 6.03 Å². The van der Waals surface area contributed by atoms with Crippen LogP contribution in [0.1, 0.15) is 31.2 Å². The predicted molar refractivity (Wildman–Crippen MR) is 103 cm³/mol. The lowest BCUT2D eigenvalue weighted by Crippen LogP contribution is -2.51. The van der Waals surface area contributed by atoms with Crippen LogP contribution in [0.3, 0.4) is 0 Å². The number of aromatic nitrogens is 1. The molecule has 3 atom stereocenters. The van der Waals surface area contributed by atoms with E-state index < -0.39 is 15.1 Å². The summed E-state index contributed by atoms with van der Waals surface area (Å²) < 4.78 is 25.8. The summed E-state index contributed by atoms with van der Waals surface area (Å²) in [7, 11) is -3.47. The normalized spacial score (nSPS) is 24.6. The van der Waals surface area contributed by atoms with Gasteiger partial charge in [-0.1, -0.05) is 23.8 Å². The number of hydrogen-bond acceptors (Lipinski definition) is 4. The van der Waals surface area contributed by atoms with Crippen molar-refractivity contribution >= 4 is 21.6 Å². The summed E-state index contributed by atoms with van der Waals surface area (Å²) in [5, 5.41) is 2.60. The van der Waals surface area contributed by atoms with E-state index in [2.05, 4.69) is 10.3 Å². The van der Waals surface area contributed by atoms with Crippen LogP contribution >= 0.6 is 0 Å². The van der Waals surface area contributed by atoms with Gasteiger partial charge in [0.2, 0.25) is 0 Å². The molecule has 0 spiro atoms. The third-order valence-electron chi connectivity index (χ3n) is 5.60. The summed E-state index contributed by atoms with van der Waals surface area (Å²) in [5.41, 5.74) is 1.89. The Bertz CT molecular complexity index is 915. The molecule has 2 aliphatic rings. The second-order valence-electron chi connectivity index (χ2n) is 7.39. The van der Waals surface area contributed by atoms with Crippen LogP contribution in [0.2, 0.25) is 0 Å². The Hall–Kier alpha value is -2.41. The van der Waals surface area contributed by atoms with Gasteiger partial charge in [-0.15, -0.1) is 0 Å². The molecule has 6 nitrogen and oxygen atoms in total. The van der Waals surface area contributed by atoms with E-state index in [1.165, 1.54) is 6.20 Å². The van der Waals surface area contributed by atoms with E-state index in [-0.39, 0.29) is 23.1 Å². The number of benzene rings is 1. The number of hydrogen-bond donors (Lipinski definition) is 1. The van der Waals surface area contributed by atoms with E-state index in [1.807, 2.05) is 36.1 Å². The number of nitrogens with one attached hydrogen (secondary N) is 1. The number of pyridine rings is 1. The summed E-state index contributed by atoms with van der Waals surface area (Å²) >= 11 is 0. The summed E-state index contributed by atoms with van der Waals surface area (Å²) in [6, 6.07) is 12.4. The van der Waals surface area contributed by atoms with Gasteiger partial charge in [-0.25, -0.2) is 18.2 Å². The van der Waals surface area contributed by atoms with Gasteiger partial charge in [0.25, 0.3) is 0 Å². The minimum Gasteiger partial charge on any atom is -0.318 e. The Morgan fingerprint density at radius 1 is 1.07 bits per heavy atom. The predicted octanol–water partition coefficient (Wildman–Crippen LogP) is 3.39. The zero-order valence-corrected chi connectivity index (χ0v) is 16.0. The van der Waals surface area contributed by atoms with Gasteiger partial charge in [-0.2, -0.15) is 0 Å². The lowest BCUT2D eigenvalue weighted by Gasteiger charge is -2.38. The fraction of sp³-hybridized carbons (Fsp3) is 0.400. The first-order valence-corrected chi connectivity index (χ1v) is 10.8. The van der Waals surface area contributed by atoms with E-state index >= 15 is 0 Å². The Labute approximate surface area is 159 Å². The lowest BCUT2D eigenvalue weighted by molar-refractivity contribution is 0.159. The standard InChI is InChI=1S/C20H23N3O3S/c1-14-5-7-15(8-6-14)22-20(24)23-16-9-10-17(23)13-18(12-16)27(25,26)19-4-2-3-11-21-19/h2-8,11,16-18H,9-10,12-13H2,1H3,(H,22,24)/t16-,17?,18-/m1/s1. The Morgan fingerprint density at radius 3 is 2.33 bits per heavy atom. The Kier molecular flexibility index (Phi) is 4.63. The third kappa shape index (κ3) is 3.43. The van der Waals surface area contributed by atoms with Gasteiger partial charge in [-0.3, -0.25) is 0 Å². The van der Waals surface area contributed by atoms with Crippen molar-refractivity contribution in [3.05, 3.63) is 54.2 Å². The number of urea groups is 1. The number of carbonyl (C=O) groups excluding carboxylic acids is 1. The van der Waals surface area contributed by atoms with Crippen molar-refractivity contribution in [2.24, 2.45) is 0 Å². The SMILES string of the molecule is Cc1ccc(NC(=O)N2C3CC[C@@H]2C[C@@H](S(=O)(=O)c2ccccn2)C3)cc1. The van der Waals surface area contributed by atoms with E-state index in [9.17, 15) is 13.2 Å². The monoisotopic (exact) mass is 385 g/mol. The summed E-state index contributed by atoms with van der Waals surface area (Å²) in [6.45, 7) is 2.00. The third-order valence-corrected chi connectivity index (χ3v) is 7.68. The molecule has 1 N–H and O–H groups in total. The molecule has 27 heavy (non-hydrogen) atoms. The molecule has 2 aromatic rings. The fourth-order valence-corrected chi connectivity index (χ4v) is 5.99. The second kappa shape index (κ2) is 6.96. The molecule has 4 rings (SSSR count). The van der Waals surface area contributed by atoms with Crippen molar-refractivity contribution in [1.29, 1.82) is 0 Å². The van der Waals surface area contributed by atoms with Crippen LogP contribution in [-0.4, -0.2) is 41.7 Å². The molecule has 1 aromatic heterocycles. The van der Waals surface area contributed by atoms with Crippen molar-refractivity contribution in [3.63, 3.8) is 0 Å². The molecule has 0 aliphatic carbocycles. The number of amides is 2. The number of sulfone groups is 1. The lowest BCUT2D eigenvalue weighted by atomic mass is 10.0. The van der Waals surface area contributed by atoms with Crippen molar-refractivity contribution in [3.8, 4) is 0 Å². The van der Waals surface area contributed by atoms with Crippen LogP contribution < -0.4 is 5.32 Å². The highest BCUT2D eigenvalue weighted by molar-refractivity contribution is 7.92. The van der Waals surface area contributed by atoms with Gasteiger partial charge in [0, 0.05) is 24.0 Å². The highest BCUT2D eigenvalue weighted by atomic mass is 32.2. The molecule has 2 fully saturated rings. The average Bonchev–Trinajstić information content (AvgIpc) is 2.94. The van der Waals surface area contributed by atoms with Crippen LogP contribution in [0.4, 0.5) is 10.5 Å². The highest BCUT2D eigenvalue weighted by Gasteiger charge is 2.47. The van der Waals surface area contributed by atoms with E-state index in [0.717, 1.165) is 24.1 Å². The molecular weight excluding hydrogens is 362 g/mol. The minimum atomic E-state index is -3.47. The fourth-order valence-electron chi connectivity index (χ4n) is 4.22. The molecule has 0 saturated carbocycles. The quantitative estimate of drug-likeness (QED) is 0.878. The molecule has 142 valence electrons. The maximum atomic E-state index is 12.9. The summed E-state index contributed by atoms with van der Waals surface area (Å²) in [6.07, 6.45) is 4.14. The van der Waals surface area contributed by atoms with E-state index in [0.29, 0.717) is 12.8 Å². The number of aryl methyl sites for hydroxylation is 1. The molecule has 1 unspecified atom stereocenters. The van der Waals surface area contributed by atoms with Crippen LogP contribution in [0.15, 0.2) is 53.7 Å². The molecule has 2 bridgehead atoms. The summed E-state index contributed by atoms with van der Waals surface area (Å²) in [4.78, 5) is 18.7. The van der Waals surface area contributed by atoms with Gasteiger partial charge in [0.15, 0.2) is 14.9 Å². The second-order valence-corrected chi connectivity index (χ2v) is 9.57. The van der Waals surface area contributed by atoms with Crippen molar-refractivity contribution < 1.29 is 13.2 Å². The van der Waals surface area contributed by atoms with Crippen LogP contribution in [0, 0.1) is 6.92 Å². The van der Waals surface area contributed by atoms with Crippen LogP contribution in [-0.2, 0) is 9.84 Å². The largest absolute Gasteiger partial charge is 0.322 e. The highest BCUT2D eigenvalue weighted by Crippen LogP contribution is 2.39. The van der Waals surface area contributed by atoms with Gasteiger partial charge in [0.1, 0.15) is 0 Å². The molecule has 3 heterocycles. The zero-order chi connectivity index (χ0) is 19.0. The number of fused-ring (bicyclic) bond motifs is 2. The number of anilines is 1. The first-order valence-electron chi connectivity index (χ1n) is 9.26. The average molecular weight is 385 g/mol. The van der Waals surface area contributed by atoms with Crippen molar-refractivity contribution in [2.75, 3.05) is 5.32 Å². The van der Waals surface area contributed by atoms with Crippen molar-refractivity contribution in [1.82, 2.24) is 9.88 Å². The molecule has 7 heteroatoms. The maximum absolute atomic E-state index is 12.9. The van der Waals surface area contributed by atoms with E-state index in [4.69, 9.17) is 0 Å². The number of nitrogens with zero attached hydrogens (tertiary/aromatic N) is 2. The molecule has 2 aliphatic heterocycles. The zero-order valence-electron chi connectivity index (χ0n) is 15.2. The summed E-state index contributed by atoms with van der Waals surface area (Å²) in [5.74, 6) is 0. The molecular formula is C20H23N3O3S. The van der Waals surface area contributed by atoms with Crippen LogP contribution in [0.25, 0.3) is 0 Å². The van der Waals surface area contributed by atoms with Crippen molar-refractivity contribution in [2.45, 2.75) is 55.0 Å². The number of piperidine rings is 1. The number of carbonyl (C=O) groups is 1. The Morgan fingerprint density at radius 2 is 1.74 bits per heavy atom. The smallest absolute Gasteiger partial charge is 0.318 e.